The molecular formula is C29H35N3O4S. The van der Waals surface area contributed by atoms with Gasteiger partial charge in [0, 0.05) is 18.7 Å². The third kappa shape index (κ3) is 7.33. The fourth-order valence-corrected chi connectivity index (χ4v) is 5.43. The zero-order valence-electron chi connectivity index (χ0n) is 21.5. The lowest BCUT2D eigenvalue weighted by Gasteiger charge is -2.23. The molecule has 1 N–H and O–H groups in total. The number of hydrogen-bond acceptors (Lipinski definition) is 5. The molecule has 4 rings (SSSR count). The van der Waals surface area contributed by atoms with Crippen LogP contribution in [-0.4, -0.2) is 45.2 Å². The van der Waals surface area contributed by atoms with Gasteiger partial charge >= 0.3 is 0 Å². The maximum absolute atomic E-state index is 12.8. The van der Waals surface area contributed by atoms with Gasteiger partial charge in [-0.15, -0.1) is 0 Å². The van der Waals surface area contributed by atoms with Crippen molar-refractivity contribution in [1.29, 1.82) is 0 Å². The van der Waals surface area contributed by atoms with Crippen LogP contribution in [0.25, 0.3) is 0 Å². The molecule has 0 spiro atoms. The number of nitrogens with zero attached hydrogens (tertiary/aromatic N) is 2. The number of anilines is 1. The van der Waals surface area contributed by atoms with E-state index in [9.17, 15) is 13.2 Å². The van der Waals surface area contributed by atoms with Gasteiger partial charge in [-0.2, -0.15) is 0 Å². The highest BCUT2D eigenvalue weighted by atomic mass is 32.2. The summed E-state index contributed by atoms with van der Waals surface area (Å²) in [6.07, 6.45) is 3.68. The van der Waals surface area contributed by atoms with E-state index in [1.54, 1.807) is 48.5 Å². The summed E-state index contributed by atoms with van der Waals surface area (Å²) in [5, 5.41) is 3.03. The van der Waals surface area contributed by atoms with Gasteiger partial charge < -0.3 is 10.1 Å². The Morgan fingerprint density at radius 2 is 1.59 bits per heavy atom. The van der Waals surface area contributed by atoms with E-state index in [2.05, 4.69) is 22.3 Å². The summed E-state index contributed by atoms with van der Waals surface area (Å²) in [6, 6.07) is 22.3. The first kappa shape index (κ1) is 26.7. The molecule has 0 aliphatic carbocycles. The van der Waals surface area contributed by atoms with Crippen molar-refractivity contribution in [3.63, 3.8) is 0 Å². The summed E-state index contributed by atoms with van der Waals surface area (Å²) in [7, 11) is -3.51. The minimum atomic E-state index is -3.51. The number of rotatable bonds is 11. The Morgan fingerprint density at radius 3 is 2.22 bits per heavy atom. The summed E-state index contributed by atoms with van der Waals surface area (Å²) >= 11 is 0. The highest BCUT2D eigenvalue weighted by molar-refractivity contribution is 7.92. The average molecular weight is 522 g/mol. The first-order valence-electron chi connectivity index (χ1n) is 12.7. The molecular weight excluding hydrogens is 486 g/mol. The van der Waals surface area contributed by atoms with Gasteiger partial charge in [0.15, 0.2) is 0 Å². The zero-order chi connectivity index (χ0) is 26.3. The molecule has 0 unspecified atom stereocenters. The highest BCUT2D eigenvalue weighted by Crippen LogP contribution is 2.24. The normalized spacial score (nSPS) is 13.9. The molecule has 196 valence electrons. The Morgan fingerprint density at radius 1 is 0.946 bits per heavy atom. The first-order chi connectivity index (χ1) is 17.8. The molecule has 1 saturated heterocycles. The molecule has 1 fully saturated rings. The van der Waals surface area contributed by atoms with E-state index < -0.39 is 10.0 Å². The summed E-state index contributed by atoms with van der Waals surface area (Å²) < 4.78 is 31.8. The van der Waals surface area contributed by atoms with Crippen LogP contribution in [-0.2, 0) is 29.7 Å². The van der Waals surface area contributed by atoms with Crippen LogP contribution in [0.2, 0.25) is 0 Å². The molecule has 0 saturated carbocycles. The molecule has 0 bridgehead atoms. The van der Waals surface area contributed by atoms with Crippen molar-refractivity contribution in [3.8, 4) is 5.75 Å². The van der Waals surface area contributed by atoms with Gasteiger partial charge in [-0.25, -0.2) is 8.42 Å². The summed E-state index contributed by atoms with van der Waals surface area (Å²) in [5.41, 5.74) is 4.24. The van der Waals surface area contributed by atoms with Crippen LogP contribution in [0.5, 0.6) is 5.75 Å². The van der Waals surface area contributed by atoms with Gasteiger partial charge in [0.25, 0.3) is 5.91 Å². The molecule has 1 amide bonds. The molecule has 37 heavy (non-hydrogen) atoms. The number of carbonyl (C=O) groups excluding carboxylic acids is 1. The van der Waals surface area contributed by atoms with Crippen LogP contribution in [0.15, 0.2) is 72.8 Å². The summed E-state index contributed by atoms with van der Waals surface area (Å²) in [4.78, 5) is 15.3. The van der Waals surface area contributed by atoms with E-state index >= 15 is 0 Å². The van der Waals surface area contributed by atoms with E-state index in [1.807, 2.05) is 19.1 Å². The second kappa shape index (κ2) is 12.3. The molecule has 0 atom stereocenters. The Balaban J connectivity index is 1.39. The van der Waals surface area contributed by atoms with Crippen molar-refractivity contribution in [2.24, 2.45) is 0 Å². The van der Waals surface area contributed by atoms with Gasteiger partial charge in [-0.3, -0.25) is 14.0 Å². The minimum Gasteiger partial charge on any atom is -0.494 e. The Hall–Kier alpha value is -3.36. The molecule has 1 aliphatic heterocycles. The maximum Gasteiger partial charge on any atom is 0.251 e. The SMILES string of the molecule is CCOc1ccc(N(Cc2ccc(C(=O)NCc3ccccc3CN3CCCC3)cc2)S(C)(=O)=O)cc1. The number of likely N-dealkylation sites (tertiary alicyclic amines) is 1. The Labute approximate surface area is 220 Å². The van der Waals surface area contributed by atoms with Crippen molar-refractivity contribution in [2.45, 2.75) is 39.4 Å². The predicted molar refractivity (Wildman–Crippen MR) is 147 cm³/mol. The minimum absolute atomic E-state index is 0.158. The van der Waals surface area contributed by atoms with E-state index in [1.165, 1.54) is 29.0 Å². The molecule has 8 heteroatoms. The van der Waals surface area contributed by atoms with Crippen LogP contribution in [0, 0.1) is 0 Å². The third-order valence-corrected chi connectivity index (χ3v) is 7.67. The number of benzene rings is 3. The van der Waals surface area contributed by atoms with E-state index in [0.29, 0.717) is 30.2 Å². The average Bonchev–Trinajstić information content (AvgIpc) is 3.40. The monoisotopic (exact) mass is 521 g/mol. The van der Waals surface area contributed by atoms with Gasteiger partial charge in [0.1, 0.15) is 5.75 Å². The lowest BCUT2D eigenvalue weighted by atomic mass is 10.1. The van der Waals surface area contributed by atoms with Crippen LogP contribution in [0.1, 0.15) is 46.8 Å². The lowest BCUT2D eigenvalue weighted by Crippen LogP contribution is -2.29. The third-order valence-electron chi connectivity index (χ3n) is 6.53. The van der Waals surface area contributed by atoms with Crippen LogP contribution in [0.3, 0.4) is 0 Å². The van der Waals surface area contributed by atoms with Crippen LogP contribution in [0.4, 0.5) is 5.69 Å². The van der Waals surface area contributed by atoms with Crippen molar-refractivity contribution in [1.82, 2.24) is 10.2 Å². The summed E-state index contributed by atoms with van der Waals surface area (Å²) in [5.74, 6) is 0.530. The lowest BCUT2D eigenvalue weighted by molar-refractivity contribution is 0.0950. The number of nitrogens with one attached hydrogen (secondary N) is 1. The van der Waals surface area contributed by atoms with E-state index in [4.69, 9.17) is 4.74 Å². The van der Waals surface area contributed by atoms with Crippen molar-refractivity contribution in [2.75, 3.05) is 30.3 Å². The molecule has 0 aromatic heterocycles. The molecule has 3 aromatic carbocycles. The Kier molecular flexibility index (Phi) is 8.84. The molecule has 1 heterocycles. The van der Waals surface area contributed by atoms with Crippen molar-refractivity contribution < 1.29 is 17.9 Å². The van der Waals surface area contributed by atoms with Crippen molar-refractivity contribution in [3.05, 3.63) is 95.1 Å². The largest absolute Gasteiger partial charge is 0.494 e. The molecule has 0 radical (unpaired) electrons. The number of hydrogen-bond donors (Lipinski definition) is 1. The number of sulfonamides is 1. The standard InChI is InChI=1S/C29H35N3O4S/c1-3-36-28-16-14-27(15-17-28)32(37(2,34)35)21-23-10-12-24(13-11-23)29(33)30-20-25-8-4-5-9-26(25)22-31-18-6-7-19-31/h4-5,8-17H,3,6-7,18-22H2,1-2H3,(H,30,33). The van der Waals surface area contributed by atoms with E-state index in [0.717, 1.165) is 30.8 Å². The van der Waals surface area contributed by atoms with Gasteiger partial charge in [-0.1, -0.05) is 36.4 Å². The fraction of sp³-hybridized carbons (Fsp3) is 0.345. The van der Waals surface area contributed by atoms with E-state index in [-0.39, 0.29) is 12.5 Å². The quantitative estimate of drug-likeness (QED) is 0.400. The predicted octanol–water partition coefficient (Wildman–Crippen LogP) is 4.58. The smallest absolute Gasteiger partial charge is 0.251 e. The van der Waals surface area contributed by atoms with Gasteiger partial charge in [0.2, 0.25) is 10.0 Å². The second-order valence-corrected chi connectivity index (χ2v) is 11.2. The maximum atomic E-state index is 12.8. The van der Waals surface area contributed by atoms with Gasteiger partial charge in [0.05, 0.1) is 25.1 Å². The second-order valence-electron chi connectivity index (χ2n) is 9.33. The fourth-order valence-electron chi connectivity index (χ4n) is 4.55. The molecule has 1 aliphatic rings. The van der Waals surface area contributed by atoms with Crippen LogP contribution < -0.4 is 14.4 Å². The topological polar surface area (TPSA) is 79.0 Å². The Bertz CT molecular complexity index is 1290. The summed E-state index contributed by atoms with van der Waals surface area (Å²) in [6.45, 7) is 6.23. The number of carbonyl (C=O) groups is 1. The molecule has 7 nitrogen and oxygen atoms in total. The highest BCUT2D eigenvalue weighted by Gasteiger charge is 2.19. The van der Waals surface area contributed by atoms with Crippen molar-refractivity contribution >= 4 is 21.6 Å². The zero-order valence-corrected chi connectivity index (χ0v) is 22.3. The molecule has 3 aromatic rings. The van der Waals surface area contributed by atoms with Gasteiger partial charge in [-0.05, 0) is 85.9 Å². The van der Waals surface area contributed by atoms with Crippen LogP contribution >= 0.6 is 0 Å². The number of ether oxygens (including phenoxy) is 1. The number of amides is 1. The first-order valence-corrected chi connectivity index (χ1v) is 14.5.